The van der Waals surface area contributed by atoms with E-state index in [2.05, 4.69) is 36.1 Å². The number of nitrogens with zero attached hydrogens (tertiary/aromatic N) is 5. The molecule has 9 heteroatoms. The first-order chi connectivity index (χ1) is 11.2. The van der Waals surface area contributed by atoms with Crippen molar-refractivity contribution in [3.05, 3.63) is 29.7 Å². The summed E-state index contributed by atoms with van der Waals surface area (Å²) in [6.45, 7) is 3.91. The summed E-state index contributed by atoms with van der Waals surface area (Å²) in [7, 11) is 0. The maximum Gasteiger partial charge on any atom is 0.153 e. The van der Waals surface area contributed by atoms with Crippen LogP contribution < -0.4 is 10.6 Å². The number of nitrogens with one attached hydrogen (secondary N) is 1. The maximum atomic E-state index is 5.89. The van der Waals surface area contributed by atoms with Crippen molar-refractivity contribution in [3.63, 3.8) is 0 Å². The number of hydrogen-bond acceptors (Lipinski definition) is 6. The van der Waals surface area contributed by atoms with E-state index in [0.29, 0.717) is 17.9 Å². The van der Waals surface area contributed by atoms with Crippen molar-refractivity contribution in [2.24, 2.45) is 5.73 Å². The molecular weight excluding hydrogens is 361 g/mol. The summed E-state index contributed by atoms with van der Waals surface area (Å²) in [5, 5.41) is 7.25. The Bertz CT molecular complexity index is 679. The zero-order chi connectivity index (χ0) is 15.8. The fourth-order valence-electron chi connectivity index (χ4n) is 3.57. The molecule has 2 fully saturated rings. The van der Waals surface area contributed by atoms with Gasteiger partial charge < -0.3 is 10.6 Å². The smallest absolute Gasteiger partial charge is 0.153 e. The van der Waals surface area contributed by atoms with E-state index in [1.54, 1.807) is 6.33 Å². The van der Waals surface area contributed by atoms with Gasteiger partial charge in [0.05, 0.1) is 0 Å². The SMILES string of the molecule is Cc1nc(C2CCN(c3cc(C4CC(N)C4)ncn3)CC2)n[nH]1.Cl.Cl. The second kappa shape index (κ2) is 8.29. The van der Waals surface area contributed by atoms with Crippen LogP contribution in [0.25, 0.3) is 0 Å². The fraction of sp³-hybridized carbons (Fsp3) is 0.625. The van der Waals surface area contributed by atoms with Gasteiger partial charge in [0.15, 0.2) is 5.82 Å². The number of anilines is 1. The maximum absolute atomic E-state index is 5.89. The van der Waals surface area contributed by atoms with Crippen molar-refractivity contribution >= 4 is 30.6 Å². The summed E-state index contributed by atoms with van der Waals surface area (Å²) in [6, 6.07) is 2.49. The van der Waals surface area contributed by atoms with Crippen LogP contribution in [0.1, 0.15) is 54.9 Å². The highest BCUT2D eigenvalue weighted by Gasteiger charge is 2.29. The predicted molar refractivity (Wildman–Crippen MR) is 102 cm³/mol. The van der Waals surface area contributed by atoms with Crippen LogP contribution in [0.5, 0.6) is 0 Å². The molecule has 3 N–H and O–H groups in total. The molecule has 0 atom stereocenters. The number of piperidine rings is 1. The number of aryl methyl sites for hydroxylation is 1. The van der Waals surface area contributed by atoms with Crippen molar-refractivity contribution in [1.82, 2.24) is 25.1 Å². The third kappa shape index (κ3) is 4.22. The van der Waals surface area contributed by atoms with Gasteiger partial charge >= 0.3 is 0 Å². The summed E-state index contributed by atoms with van der Waals surface area (Å²) >= 11 is 0. The highest BCUT2D eigenvalue weighted by atomic mass is 35.5. The highest BCUT2D eigenvalue weighted by Crippen LogP contribution is 2.36. The third-order valence-electron chi connectivity index (χ3n) is 5.07. The van der Waals surface area contributed by atoms with E-state index in [9.17, 15) is 0 Å². The molecule has 2 aromatic rings. The summed E-state index contributed by atoms with van der Waals surface area (Å²) in [4.78, 5) is 15.7. The van der Waals surface area contributed by atoms with Crippen molar-refractivity contribution in [1.29, 1.82) is 0 Å². The molecule has 0 amide bonds. The van der Waals surface area contributed by atoms with E-state index in [4.69, 9.17) is 5.73 Å². The second-order valence-electron chi connectivity index (χ2n) is 6.77. The van der Waals surface area contributed by atoms with Gasteiger partial charge in [-0.05, 0) is 32.6 Å². The first-order valence-corrected chi connectivity index (χ1v) is 8.40. The molecule has 1 saturated carbocycles. The van der Waals surface area contributed by atoms with Crippen LogP contribution in [0.15, 0.2) is 12.4 Å². The third-order valence-corrected chi connectivity index (χ3v) is 5.07. The minimum Gasteiger partial charge on any atom is -0.356 e. The molecule has 1 saturated heterocycles. The number of halogens is 2. The van der Waals surface area contributed by atoms with E-state index >= 15 is 0 Å². The number of hydrogen-bond donors (Lipinski definition) is 2. The monoisotopic (exact) mass is 385 g/mol. The van der Waals surface area contributed by atoms with Gasteiger partial charge in [-0.3, -0.25) is 5.10 Å². The van der Waals surface area contributed by atoms with E-state index in [-0.39, 0.29) is 24.8 Å². The van der Waals surface area contributed by atoms with Crippen LogP contribution in [0.3, 0.4) is 0 Å². The Balaban J connectivity index is 0.00000113. The summed E-state index contributed by atoms with van der Waals surface area (Å²) < 4.78 is 0. The van der Waals surface area contributed by atoms with Gasteiger partial charge in [-0.1, -0.05) is 0 Å². The molecular formula is C16H25Cl2N7. The molecule has 1 aliphatic carbocycles. The van der Waals surface area contributed by atoms with Gasteiger partial charge in [-0.15, -0.1) is 24.8 Å². The number of aromatic nitrogens is 5. The largest absolute Gasteiger partial charge is 0.356 e. The van der Waals surface area contributed by atoms with Gasteiger partial charge in [0.25, 0.3) is 0 Å². The Morgan fingerprint density at radius 3 is 2.44 bits per heavy atom. The molecule has 0 spiro atoms. The number of rotatable bonds is 3. The zero-order valence-corrected chi connectivity index (χ0v) is 15.9. The predicted octanol–water partition coefficient (Wildman–Crippen LogP) is 2.34. The van der Waals surface area contributed by atoms with Gasteiger partial charge in [-0.25, -0.2) is 15.0 Å². The summed E-state index contributed by atoms with van der Waals surface area (Å²) in [6.07, 6.45) is 5.90. The molecule has 0 radical (unpaired) electrons. The van der Waals surface area contributed by atoms with Crippen molar-refractivity contribution in [2.45, 2.75) is 50.5 Å². The highest BCUT2D eigenvalue weighted by molar-refractivity contribution is 5.85. The Morgan fingerprint density at radius 1 is 1.12 bits per heavy atom. The van der Waals surface area contributed by atoms with Crippen LogP contribution in [0.4, 0.5) is 5.82 Å². The molecule has 0 unspecified atom stereocenters. The molecule has 4 rings (SSSR count). The Hall–Kier alpha value is -1.44. The molecule has 0 bridgehead atoms. The Labute approximate surface area is 160 Å². The van der Waals surface area contributed by atoms with E-state index in [1.807, 2.05) is 6.92 Å². The van der Waals surface area contributed by atoms with Crippen LogP contribution in [-0.2, 0) is 0 Å². The van der Waals surface area contributed by atoms with Gasteiger partial charge in [0.2, 0.25) is 0 Å². The standard InChI is InChI=1S/C16H23N7.2ClH/c1-10-20-16(22-21-10)11-2-4-23(5-3-11)15-8-14(18-9-19-15)12-6-13(17)7-12;;/h8-9,11-13H,2-7,17H2,1H3,(H,20,21,22);2*1H. The first-order valence-electron chi connectivity index (χ1n) is 8.40. The molecule has 3 heterocycles. The fourth-order valence-corrected chi connectivity index (χ4v) is 3.57. The second-order valence-corrected chi connectivity index (χ2v) is 6.77. The zero-order valence-electron chi connectivity index (χ0n) is 14.3. The number of H-pyrrole nitrogens is 1. The topological polar surface area (TPSA) is 96.6 Å². The molecule has 7 nitrogen and oxygen atoms in total. The molecule has 0 aromatic carbocycles. The molecule has 2 aromatic heterocycles. The van der Waals surface area contributed by atoms with Crippen LogP contribution in [-0.4, -0.2) is 44.3 Å². The molecule has 25 heavy (non-hydrogen) atoms. The average Bonchev–Trinajstić information content (AvgIpc) is 2.99. The lowest BCUT2D eigenvalue weighted by molar-refractivity contribution is 0.345. The minimum atomic E-state index is 0. The first kappa shape index (κ1) is 19.9. The van der Waals surface area contributed by atoms with Gasteiger partial charge in [-0.2, -0.15) is 5.10 Å². The lowest BCUT2D eigenvalue weighted by Crippen LogP contribution is -2.36. The normalized spacial score (nSPS) is 23.4. The van der Waals surface area contributed by atoms with E-state index in [1.165, 1.54) is 0 Å². The van der Waals surface area contributed by atoms with Crippen molar-refractivity contribution < 1.29 is 0 Å². The number of aromatic amines is 1. The molecule has 1 aliphatic heterocycles. The summed E-state index contributed by atoms with van der Waals surface area (Å²) in [5.74, 6) is 3.85. The molecule has 2 aliphatic rings. The lowest BCUT2D eigenvalue weighted by atomic mass is 9.78. The van der Waals surface area contributed by atoms with Crippen molar-refractivity contribution in [3.8, 4) is 0 Å². The lowest BCUT2D eigenvalue weighted by Gasteiger charge is -2.34. The quantitative estimate of drug-likeness (QED) is 0.841. The Kier molecular flexibility index (Phi) is 6.59. The minimum absolute atomic E-state index is 0. The van der Waals surface area contributed by atoms with Crippen LogP contribution in [0.2, 0.25) is 0 Å². The van der Waals surface area contributed by atoms with Gasteiger partial charge in [0.1, 0.15) is 18.0 Å². The van der Waals surface area contributed by atoms with E-state index < -0.39 is 0 Å². The Morgan fingerprint density at radius 2 is 1.84 bits per heavy atom. The number of nitrogens with two attached hydrogens (primary N) is 1. The summed E-state index contributed by atoms with van der Waals surface area (Å²) in [5.41, 5.74) is 7.03. The van der Waals surface area contributed by atoms with Crippen molar-refractivity contribution in [2.75, 3.05) is 18.0 Å². The van der Waals surface area contributed by atoms with Crippen LogP contribution in [0, 0.1) is 6.92 Å². The molecule has 138 valence electrons. The van der Waals surface area contributed by atoms with Crippen LogP contribution >= 0.6 is 24.8 Å². The van der Waals surface area contributed by atoms with E-state index in [0.717, 1.165) is 61.9 Å². The average molecular weight is 386 g/mol. The van der Waals surface area contributed by atoms with Gasteiger partial charge in [0, 0.05) is 42.7 Å².